The lowest BCUT2D eigenvalue weighted by atomic mass is 10.1. The molecule has 0 saturated carbocycles. The highest BCUT2D eigenvalue weighted by atomic mass is 32.2. The summed E-state index contributed by atoms with van der Waals surface area (Å²) < 4.78 is 26.6. The fourth-order valence-corrected chi connectivity index (χ4v) is 2.63. The monoisotopic (exact) mass is 309 g/mol. The summed E-state index contributed by atoms with van der Waals surface area (Å²) >= 11 is 0. The molecule has 2 aromatic rings. The first-order valence-corrected chi connectivity index (χ1v) is 7.61. The number of benzene rings is 1. The Bertz CT molecular complexity index is 712. The molecule has 0 aliphatic heterocycles. The molecule has 0 aliphatic rings. The summed E-state index contributed by atoms with van der Waals surface area (Å²) in [4.78, 5) is 18.1. The molecular formula is C12H15N5O3S. The molecule has 2 rings (SSSR count). The smallest absolute Gasteiger partial charge is 0.278 e. The zero-order valence-corrected chi connectivity index (χ0v) is 11.9. The summed E-state index contributed by atoms with van der Waals surface area (Å²) in [5, 5.41) is 2.51. The minimum atomic E-state index is -3.82. The van der Waals surface area contributed by atoms with Crippen molar-refractivity contribution in [3.05, 3.63) is 42.4 Å². The van der Waals surface area contributed by atoms with Gasteiger partial charge in [-0.15, -0.1) is 0 Å². The van der Waals surface area contributed by atoms with Crippen LogP contribution in [0, 0.1) is 0 Å². The number of carbonyl (C=O) groups excluding carboxylic acids is 1. The van der Waals surface area contributed by atoms with Crippen LogP contribution in [0.3, 0.4) is 0 Å². The van der Waals surface area contributed by atoms with E-state index in [9.17, 15) is 13.2 Å². The second-order valence-electron chi connectivity index (χ2n) is 4.11. The third kappa shape index (κ3) is 3.58. The number of para-hydroxylation sites is 1. The number of aromatic nitrogens is 2. The SMILES string of the molecule is NCCNC(=O)c1ccccc1NS(=O)(=O)c1cnc[nH]1. The number of carbonyl (C=O) groups is 1. The number of anilines is 1. The van der Waals surface area contributed by atoms with Crippen molar-refractivity contribution in [3.8, 4) is 0 Å². The molecule has 0 unspecified atom stereocenters. The molecule has 1 aromatic carbocycles. The predicted molar refractivity (Wildman–Crippen MR) is 77.2 cm³/mol. The normalized spacial score (nSPS) is 11.1. The summed E-state index contributed by atoms with van der Waals surface area (Å²) in [6, 6.07) is 6.30. The van der Waals surface area contributed by atoms with E-state index >= 15 is 0 Å². The van der Waals surface area contributed by atoms with Gasteiger partial charge in [0.2, 0.25) is 0 Å². The van der Waals surface area contributed by atoms with Crippen LogP contribution in [0.25, 0.3) is 0 Å². The fourth-order valence-electron chi connectivity index (χ4n) is 1.64. The van der Waals surface area contributed by atoms with Crippen LogP contribution >= 0.6 is 0 Å². The van der Waals surface area contributed by atoms with Gasteiger partial charge in [-0.1, -0.05) is 12.1 Å². The summed E-state index contributed by atoms with van der Waals surface area (Å²) in [6.45, 7) is 0.605. The van der Waals surface area contributed by atoms with Gasteiger partial charge in [0, 0.05) is 13.1 Å². The van der Waals surface area contributed by atoms with E-state index in [-0.39, 0.29) is 16.3 Å². The predicted octanol–water partition coefficient (Wildman–Crippen LogP) is -0.101. The highest BCUT2D eigenvalue weighted by Gasteiger charge is 2.19. The first-order chi connectivity index (χ1) is 10.0. The van der Waals surface area contributed by atoms with Crippen LogP contribution in [0.2, 0.25) is 0 Å². The minimum Gasteiger partial charge on any atom is -0.351 e. The quantitative estimate of drug-likeness (QED) is 0.592. The number of hydrogen-bond acceptors (Lipinski definition) is 5. The van der Waals surface area contributed by atoms with Crippen LogP contribution in [0.1, 0.15) is 10.4 Å². The van der Waals surface area contributed by atoms with Gasteiger partial charge in [0.25, 0.3) is 15.9 Å². The van der Waals surface area contributed by atoms with Gasteiger partial charge in [-0.2, -0.15) is 8.42 Å². The van der Waals surface area contributed by atoms with E-state index in [2.05, 4.69) is 20.0 Å². The van der Waals surface area contributed by atoms with Crippen LogP contribution in [0.5, 0.6) is 0 Å². The molecule has 21 heavy (non-hydrogen) atoms. The van der Waals surface area contributed by atoms with Gasteiger partial charge in [-0.3, -0.25) is 9.52 Å². The molecular weight excluding hydrogens is 294 g/mol. The molecule has 5 N–H and O–H groups in total. The Kier molecular flexibility index (Phi) is 4.55. The van der Waals surface area contributed by atoms with E-state index in [4.69, 9.17) is 5.73 Å². The van der Waals surface area contributed by atoms with Gasteiger partial charge in [0.15, 0.2) is 5.03 Å². The Labute approximate surface area is 121 Å². The van der Waals surface area contributed by atoms with E-state index < -0.39 is 15.9 Å². The third-order valence-corrected chi connectivity index (χ3v) is 3.90. The Balaban J connectivity index is 2.27. The molecule has 1 amide bonds. The maximum absolute atomic E-state index is 12.1. The summed E-state index contributed by atoms with van der Waals surface area (Å²) in [5.74, 6) is -0.400. The Morgan fingerprint density at radius 2 is 2.10 bits per heavy atom. The van der Waals surface area contributed by atoms with Crippen molar-refractivity contribution in [3.63, 3.8) is 0 Å². The van der Waals surface area contributed by atoms with Crippen molar-refractivity contribution in [2.75, 3.05) is 17.8 Å². The number of aromatic amines is 1. The second-order valence-corrected chi connectivity index (χ2v) is 5.76. The van der Waals surface area contributed by atoms with Crippen molar-refractivity contribution in [2.24, 2.45) is 5.73 Å². The van der Waals surface area contributed by atoms with Gasteiger partial charge < -0.3 is 16.0 Å². The zero-order chi connectivity index (χ0) is 15.3. The molecule has 0 fully saturated rings. The van der Waals surface area contributed by atoms with Gasteiger partial charge in [-0.05, 0) is 12.1 Å². The Morgan fingerprint density at radius 3 is 2.76 bits per heavy atom. The molecule has 8 nitrogen and oxygen atoms in total. The number of sulfonamides is 1. The topological polar surface area (TPSA) is 130 Å². The maximum atomic E-state index is 12.1. The van der Waals surface area contributed by atoms with Gasteiger partial charge in [0.05, 0.1) is 23.8 Å². The van der Waals surface area contributed by atoms with Crippen LogP contribution < -0.4 is 15.8 Å². The largest absolute Gasteiger partial charge is 0.351 e. The van der Waals surface area contributed by atoms with E-state index in [0.29, 0.717) is 13.1 Å². The Morgan fingerprint density at radius 1 is 1.33 bits per heavy atom. The van der Waals surface area contributed by atoms with Crippen LogP contribution in [-0.2, 0) is 10.0 Å². The lowest BCUT2D eigenvalue weighted by Crippen LogP contribution is -2.30. The summed E-state index contributed by atoms with van der Waals surface area (Å²) in [5.41, 5.74) is 5.72. The van der Waals surface area contributed by atoms with Gasteiger partial charge in [-0.25, -0.2) is 4.98 Å². The second kappa shape index (κ2) is 6.37. The summed E-state index contributed by atoms with van der Waals surface area (Å²) in [7, 11) is -3.82. The number of nitrogens with two attached hydrogens (primary N) is 1. The molecule has 1 aromatic heterocycles. The van der Waals surface area contributed by atoms with Crippen LogP contribution in [0.4, 0.5) is 5.69 Å². The van der Waals surface area contributed by atoms with Crippen molar-refractivity contribution in [2.45, 2.75) is 5.03 Å². The standard InChI is InChI=1S/C12H15N5O3S/c13-5-6-15-12(18)9-3-1-2-4-10(9)17-21(19,20)11-7-14-8-16-11/h1-4,7-8,17H,5-6,13H2,(H,14,16)(H,15,18). The Hall–Kier alpha value is -2.39. The average Bonchev–Trinajstić information content (AvgIpc) is 3.00. The number of hydrogen-bond donors (Lipinski definition) is 4. The maximum Gasteiger partial charge on any atom is 0.278 e. The van der Waals surface area contributed by atoms with E-state index in [1.165, 1.54) is 24.7 Å². The lowest BCUT2D eigenvalue weighted by Gasteiger charge is -2.11. The molecule has 0 spiro atoms. The minimum absolute atomic E-state index is 0.0836. The van der Waals surface area contributed by atoms with Gasteiger partial charge >= 0.3 is 0 Å². The first-order valence-electron chi connectivity index (χ1n) is 6.13. The molecule has 1 heterocycles. The van der Waals surface area contributed by atoms with Crippen molar-refractivity contribution >= 4 is 21.6 Å². The molecule has 0 aliphatic carbocycles. The molecule has 9 heteroatoms. The van der Waals surface area contributed by atoms with E-state index in [1.54, 1.807) is 12.1 Å². The van der Waals surface area contributed by atoms with Crippen molar-refractivity contribution in [1.29, 1.82) is 0 Å². The van der Waals surface area contributed by atoms with E-state index in [0.717, 1.165) is 0 Å². The van der Waals surface area contributed by atoms with Crippen LogP contribution in [0.15, 0.2) is 41.8 Å². The molecule has 0 saturated heterocycles. The van der Waals surface area contributed by atoms with Gasteiger partial charge in [0.1, 0.15) is 0 Å². The first kappa shape index (κ1) is 15.0. The van der Waals surface area contributed by atoms with Crippen molar-refractivity contribution < 1.29 is 13.2 Å². The highest BCUT2D eigenvalue weighted by Crippen LogP contribution is 2.18. The number of H-pyrrole nitrogens is 1. The third-order valence-electron chi connectivity index (χ3n) is 2.61. The molecule has 112 valence electrons. The zero-order valence-electron chi connectivity index (χ0n) is 11.0. The molecule has 0 radical (unpaired) electrons. The highest BCUT2D eigenvalue weighted by molar-refractivity contribution is 7.92. The average molecular weight is 309 g/mol. The lowest BCUT2D eigenvalue weighted by molar-refractivity contribution is 0.0955. The fraction of sp³-hybridized carbons (Fsp3) is 0.167. The van der Waals surface area contributed by atoms with E-state index in [1.807, 2.05) is 0 Å². The summed E-state index contributed by atoms with van der Waals surface area (Å²) in [6.07, 6.45) is 2.44. The van der Waals surface area contributed by atoms with Crippen molar-refractivity contribution in [1.82, 2.24) is 15.3 Å². The number of nitrogens with one attached hydrogen (secondary N) is 3. The molecule has 0 atom stereocenters. The number of imidazole rings is 1. The molecule has 0 bridgehead atoms. The van der Waals surface area contributed by atoms with Crippen LogP contribution in [-0.4, -0.2) is 37.4 Å². The number of rotatable bonds is 6. The number of nitrogens with zero attached hydrogens (tertiary/aromatic N) is 1. The number of amides is 1.